The number of hydrogen-bond acceptors (Lipinski definition) is 7. The molecule has 2 aromatic rings. The van der Waals surface area contributed by atoms with Gasteiger partial charge in [0, 0.05) is 43.6 Å². The lowest BCUT2D eigenvalue weighted by atomic mass is 9.86. The molecule has 4 rings (SSSR count). The van der Waals surface area contributed by atoms with Crippen molar-refractivity contribution in [2.24, 2.45) is 0 Å². The maximum Gasteiger partial charge on any atom is 0.283 e. The molecule has 34 heavy (non-hydrogen) atoms. The van der Waals surface area contributed by atoms with Gasteiger partial charge in [0.15, 0.2) is 0 Å². The minimum atomic E-state index is -3.24. The first-order valence-electron chi connectivity index (χ1n) is 11.5. The summed E-state index contributed by atoms with van der Waals surface area (Å²) in [5, 5.41) is 20.3. The number of aliphatic hydroxyl groups is 1. The lowest BCUT2D eigenvalue weighted by Crippen LogP contribution is -2.54. The number of fused-ring (bicyclic) bond motifs is 1. The highest BCUT2D eigenvalue weighted by Gasteiger charge is 2.38. The highest BCUT2D eigenvalue weighted by molar-refractivity contribution is 5.88. The maximum absolute atomic E-state index is 14.2. The van der Waals surface area contributed by atoms with Crippen molar-refractivity contribution in [1.29, 1.82) is 5.41 Å². The van der Waals surface area contributed by atoms with Crippen molar-refractivity contribution in [3.8, 4) is 0 Å². The topological polar surface area (TPSA) is 102 Å². The van der Waals surface area contributed by atoms with Crippen molar-refractivity contribution in [1.82, 2.24) is 14.8 Å². The molecule has 1 aromatic carbocycles. The van der Waals surface area contributed by atoms with Gasteiger partial charge in [-0.25, -0.2) is 8.78 Å². The molecule has 7 nitrogen and oxygen atoms in total. The Morgan fingerprint density at radius 3 is 2.71 bits per heavy atom. The number of nitrogens with zero attached hydrogens (tertiary/aromatic N) is 3. The van der Waals surface area contributed by atoms with Crippen molar-refractivity contribution >= 4 is 17.6 Å². The number of aromatic nitrogens is 1. The molecule has 0 saturated carbocycles. The molecular weight excluding hydrogens is 445 g/mol. The molecule has 184 valence electrons. The molecule has 5 N–H and O–H groups in total. The molecule has 3 heterocycles. The monoisotopic (exact) mass is 476 g/mol. The van der Waals surface area contributed by atoms with E-state index in [1.165, 1.54) is 6.21 Å². The second-order valence-corrected chi connectivity index (χ2v) is 9.03. The normalized spacial score (nSPS) is 19.5. The molecule has 10 heteroatoms. The number of nitrogens with one attached hydrogen (secondary N) is 2. The first kappa shape index (κ1) is 24.4. The highest BCUT2D eigenvalue weighted by atomic mass is 19.3. The molecule has 1 saturated heterocycles. The van der Waals surface area contributed by atoms with Gasteiger partial charge in [-0.05, 0) is 42.2 Å². The Kier molecular flexibility index (Phi) is 7.39. The van der Waals surface area contributed by atoms with Gasteiger partial charge >= 0.3 is 0 Å². The van der Waals surface area contributed by atoms with Crippen LogP contribution in [0.1, 0.15) is 34.8 Å². The second-order valence-electron chi connectivity index (χ2n) is 9.03. The van der Waals surface area contributed by atoms with Crippen LogP contribution in [-0.2, 0) is 6.42 Å². The zero-order valence-corrected chi connectivity index (χ0v) is 19.0. The highest BCUT2D eigenvalue weighted by Crippen LogP contribution is 2.38. The third-order valence-electron chi connectivity index (χ3n) is 6.55. The first-order valence-corrected chi connectivity index (χ1v) is 11.5. The SMILES string of the molecule is N=Cc1c(N)ccc2c1CCN(CC(F)(F)CO)C2c1ccc(NC2CN(CCCF)C2)cn1. The third-order valence-corrected chi connectivity index (χ3v) is 6.55. The number of nitrogens with two attached hydrogens (primary N) is 1. The van der Waals surface area contributed by atoms with Crippen LogP contribution in [-0.4, -0.2) is 84.1 Å². The molecular formula is C24H31F3N6O. The Labute approximate surface area is 197 Å². The fourth-order valence-electron chi connectivity index (χ4n) is 4.87. The van der Waals surface area contributed by atoms with Crippen LogP contribution in [0.5, 0.6) is 0 Å². The molecule has 0 spiro atoms. The average Bonchev–Trinajstić information content (AvgIpc) is 2.80. The molecule has 1 fully saturated rings. The smallest absolute Gasteiger partial charge is 0.283 e. The zero-order valence-electron chi connectivity index (χ0n) is 19.0. The number of halogens is 3. The van der Waals surface area contributed by atoms with E-state index in [0.717, 1.165) is 36.4 Å². The number of likely N-dealkylation sites (tertiary alicyclic amines) is 1. The van der Waals surface area contributed by atoms with Gasteiger partial charge in [0.05, 0.1) is 42.9 Å². The van der Waals surface area contributed by atoms with Gasteiger partial charge in [-0.1, -0.05) is 6.07 Å². The van der Waals surface area contributed by atoms with E-state index in [4.69, 9.17) is 16.2 Å². The lowest BCUT2D eigenvalue weighted by Gasteiger charge is -2.40. The van der Waals surface area contributed by atoms with Crippen LogP contribution in [0.25, 0.3) is 0 Å². The van der Waals surface area contributed by atoms with Crippen LogP contribution in [0.3, 0.4) is 0 Å². The maximum atomic E-state index is 14.2. The lowest BCUT2D eigenvalue weighted by molar-refractivity contribution is -0.0788. The fraction of sp³-hybridized carbons (Fsp3) is 0.500. The van der Waals surface area contributed by atoms with Crippen molar-refractivity contribution in [2.45, 2.75) is 30.8 Å². The van der Waals surface area contributed by atoms with E-state index in [1.807, 2.05) is 18.2 Å². The van der Waals surface area contributed by atoms with Gasteiger partial charge in [0.2, 0.25) is 0 Å². The van der Waals surface area contributed by atoms with E-state index >= 15 is 0 Å². The summed E-state index contributed by atoms with van der Waals surface area (Å²) < 4.78 is 40.7. The number of hydrogen-bond donors (Lipinski definition) is 4. The summed E-state index contributed by atoms with van der Waals surface area (Å²) in [6.45, 7) is 0.636. The number of rotatable bonds is 10. The van der Waals surface area contributed by atoms with Crippen molar-refractivity contribution in [2.75, 3.05) is 57.1 Å². The first-order chi connectivity index (χ1) is 16.3. The molecule has 2 aliphatic heterocycles. The van der Waals surface area contributed by atoms with Crippen LogP contribution in [0.2, 0.25) is 0 Å². The molecule has 0 bridgehead atoms. The zero-order chi connectivity index (χ0) is 24.3. The molecule has 1 unspecified atom stereocenters. The Morgan fingerprint density at radius 2 is 2.06 bits per heavy atom. The van der Waals surface area contributed by atoms with Gasteiger partial charge in [-0.3, -0.25) is 19.2 Å². The minimum Gasteiger partial charge on any atom is -0.398 e. The Hall–Kier alpha value is -2.69. The summed E-state index contributed by atoms with van der Waals surface area (Å²) in [7, 11) is 0. The van der Waals surface area contributed by atoms with Crippen LogP contribution in [0.4, 0.5) is 24.5 Å². The van der Waals surface area contributed by atoms with E-state index in [1.54, 1.807) is 17.2 Å². The van der Waals surface area contributed by atoms with Gasteiger partial charge in [-0.15, -0.1) is 0 Å². The van der Waals surface area contributed by atoms with Crippen molar-refractivity contribution in [3.05, 3.63) is 52.8 Å². The summed E-state index contributed by atoms with van der Waals surface area (Å²) in [6.07, 6.45) is 3.93. The predicted octanol–water partition coefficient (Wildman–Crippen LogP) is 2.69. The molecule has 0 radical (unpaired) electrons. The minimum absolute atomic E-state index is 0.264. The molecule has 1 atom stereocenters. The summed E-state index contributed by atoms with van der Waals surface area (Å²) in [5.41, 5.74) is 10.3. The number of alkyl halides is 3. The number of nitrogen functional groups attached to an aromatic ring is 1. The quantitative estimate of drug-likeness (QED) is 0.311. The summed E-state index contributed by atoms with van der Waals surface area (Å²) in [4.78, 5) is 8.42. The third kappa shape index (κ3) is 5.18. The Bertz CT molecular complexity index is 997. The van der Waals surface area contributed by atoms with E-state index in [2.05, 4.69) is 15.2 Å². The summed E-state index contributed by atoms with van der Waals surface area (Å²) >= 11 is 0. The molecule has 1 aromatic heterocycles. The van der Waals surface area contributed by atoms with Crippen LogP contribution >= 0.6 is 0 Å². The van der Waals surface area contributed by atoms with Gasteiger partial charge in [-0.2, -0.15) is 0 Å². The second kappa shape index (κ2) is 10.3. The van der Waals surface area contributed by atoms with Crippen molar-refractivity contribution in [3.63, 3.8) is 0 Å². The molecule has 0 aliphatic carbocycles. The van der Waals surface area contributed by atoms with Crippen molar-refractivity contribution < 1.29 is 18.3 Å². The van der Waals surface area contributed by atoms with Gasteiger partial charge in [0.25, 0.3) is 5.92 Å². The van der Waals surface area contributed by atoms with Crippen LogP contribution in [0.15, 0.2) is 30.5 Å². The average molecular weight is 477 g/mol. The number of aliphatic hydroxyl groups excluding tert-OH is 1. The Balaban J connectivity index is 1.56. The number of benzene rings is 1. The van der Waals surface area contributed by atoms with Crippen LogP contribution < -0.4 is 11.1 Å². The summed E-state index contributed by atoms with van der Waals surface area (Å²) in [6, 6.07) is 6.94. The number of anilines is 2. The fourth-order valence-corrected chi connectivity index (χ4v) is 4.87. The van der Waals surface area contributed by atoms with Gasteiger partial charge < -0.3 is 21.6 Å². The van der Waals surface area contributed by atoms with E-state index < -0.39 is 25.1 Å². The van der Waals surface area contributed by atoms with Gasteiger partial charge in [0.1, 0.15) is 6.61 Å². The van der Waals surface area contributed by atoms with E-state index in [-0.39, 0.29) is 12.7 Å². The molecule has 2 aliphatic rings. The van der Waals surface area contributed by atoms with E-state index in [9.17, 15) is 13.2 Å². The van der Waals surface area contributed by atoms with E-state index in [0.29, 0.717) is 36.3 Å². The Morgan fingerprint density at radius 1 is 1.26 bits per heavy atom. The predicted molar refractivity (Wildman–Crippen MR) is 127 cm³/mol. The standard InChI is InChI=1S/C24H31F3N6O/c25-7-1-8-32-12-17(13-32)31-16-2-5-22(30-11-16)23-19-3-4-21(29)20(10-28)18(19)6-9-33(23)14-24(26,27)15-34/h2-5,10-11,17,23,28,31,34H,1,6-9,12-15,29H2. The summed E-state index contributed by atoms with van der Waals surface area (Å²) in [5.74, 6) is -3.24. The number of pyridine rings is 1. The van der Waals surface area contributed by atoms with Crippen LogP contribution in [0, 0.1) is 5.41 Å². The largest absolute Gasteiger partial charge is 0.398 e. The molecule has 0 amide bonds.